The van der Waals surface area contributed by atoms with Crippen molar-refractivity contribution in [3.8, 4) is 0 Å². The monoisotopic (exact) mass is 865 g/mol. The summed E-state index contributed by atoms with van der Waals surface area (Å²) in [5.41, 5.74) is 0. The molecule has 0 saturated carbocycles. The predicted octanol–water partition coefficient (Wildman–Crippen LogP) is 15.9. The highest BCUT2D eigenvalue weighted by molar-refractivity contribution is 5.71. The largest absolute Gasteiger partial charge is 0.462 e. The summed E-state index contributed by atoms with van der Waals surface area (Å²) in [6.45, 7) is 6.21. The van der Waals surface area contributed by atoms with Crippen molar-refractivity contribution in [3.63, 3.8) is 0 Å². The Bertz CT molecular complexity index is 1510. The fourth-order valence-electron chi connectivity index (χ4n) is 5.81. The van der Waals surface area contributed by atoms with E-state index in [4.69, 9.17) is 14.2 Å². The minimum Gasteiger partial charge on any atom is -0.462 e. The van der Waals surface area contributed by atoms with Crippen LogP contribution >= 0.6 is 0 Å². The van der Waals surface area contributed by atoms with Crippen LogP contribution in [0.2, 0.25) is 0 Å². The van der Waals surface area contributed by atoms with Crippen LogP contribution in [-0.2, 0) is 28.6 Å². The molecule has 0 N–H and O–H groups in total. The van der Waals surface area contributed by atoms with Gasteiger partial charge in [-0.1, -0.05) is 243 Å². The summed E-state index contributed by atoms with van der Waals surface area (Å²) in [4.78, 5) is 37.8. The van der Waals surface area contributed by atoms with Gasteiger partial charge in [0.05, 0.1) is 0 Å². The summed E-state index contributed by atoms with van der Waals surface area (Å²) >= 11 is 0. The Kier molecular flexibility index (Phi) is 45.8. The third-order valence-corrected chi connectivity index (χ3v) is 9.38. The van der Waals surface area contributed by atoms with Gasteiger partial charge in [-0.05, 0) is 57.8 Å². The molecular formula is C57H84O6. The van der Waals surface area contributed by atoms with Crippen molar-refractivity contribution in [1.29, 1.82) is 0 Å². The van der Waals surface area contributed by atoms with Gasteiger partial charge in [0, 0.05) is 19.3 Å². The van der Waals surface area contributed by atoms with Gasteiger partial charge in [0.25, 0.3) is 0 Å². The highest BCUT2D eigenvalue weighted by atomic mass is 16.6. The summed E-state index contributed by atoms with van der Waals surface area (Å²) in [5, 5.41) is 0. The Balaban J connectivity index is 4.59. The topological polar surface area (TPSA) is 78.9 Å². The molecule has 0 amide bonds. The van der Waals surface area contributed by atoms with E-state index in [1.54, 1.807) is 0 Å². The molecule has 348 valence electrons. The summed E-state index contributed by atoms with van der Waals surface area (Å²) in [6, 6.07) is 0. The Morgan fingerprint density at radius 1 is 0.333 bits per heavy atom. The molecule has 1 unspecified atom stereocenters. The molecule has 0 aliphatic carbocycles. The van der Waals surface area contributed by atoms with E-state index < -0.39 is 6.10 Å². The molecule has 0 fully saturated rings. The quantitative estimate of drug-likeness (QED) is 0.0264. The van der Waals surface area contributed by atoms with E-state index >= 15 is 0 Å². The van der Waals surface area contributed by atoms with Crippen LogP contribution in [0.25, 0.3) is 0 Å². The lowest BCUT2D eigenvalue weighted by Crippen LogP contribution is -2.30. The predicted molar refractivity (Wildman–Crippen MR) is 269 cm³/mol. The van der Waals surface area contributed by atoms with Gasteiger partial charge in [-0.3, -0.25) is 14.4 Å². The molecule has 0 rings (SSSR count). The van der Waals surface area contributed by atoms with Crippen molar-refractivity contribution in [2.45, 2.75) is 168 Å². The molecule has 0 aliphatic heterocycles. The molecule has 6 heteroatoms. The molecule has 0 saturated heterocycles. The third-order valence-electron chi connectivity index (χ3n) is 9.38. The van der Waals surface area contributed by atoms with Crippen LogP contribution < -0.4 is 0 Å². The zero-order valence-corrected chi connectivity index (χ0v) is 39.5. The molecular weight excluding hydrogens is 781 g/mol. The number of unbranched alkanes of at least 4 members (excludes halogenated alkanes) is 14. The molecule has 6 nitrogen and oxygen atoms in total. The molecule has 0 aromatic rings. The molecule has 0 aromatic heterocycles. The minimum absolute atomic E-state index is 0.118. The van der Waals surface area contributed by atoms with E-state index in [9.17, 15) is 14.4 Å². The summed E-state index contributed by atoms with van der Waals surface area (Å²) in [6.07, 6.45) is 72.2. The van der Waals surface area contributed by atoms with Crippen LogP contribution in [-0.4, -0.2) is 37.2 Å². The second-order valence-electron chi connectivity index (χ2n) is 15.2. The van der Waals surface area contributed by atoms with Crippen LogP contribution in [0.15, 0.2) is 158 Å². The Hall–Kier alpha value is -4.97. The molecule has 0 bridgehead atoms. The van der Waals surface area contributed by atoms with E-state index in [1.807, 2.05) is 134 Å². The normalized spacial score (nSPS) is 13.5. The fraction of sp³-hybridized carbons (Fsp3) is 0.491. The van der Waals surface area contributed by atoms with E-state index in [2.05, 4.69) is 45.1 Å². The molecule has 63 heavy (non-hydrogen) atoms. The van der Waals surface area contributed by atoms with Crippen molar-refractivity contribution in [3.05, 3.63) is 158 Å². The average Bonchev–Trinajstić information content (AvgIpc) is 3.28. The standard InChI is InChI=1S/C57H84O6/c1-4-7-10-13-16-19-21-23-25-27-28-30-31-33-35-38-41-44-47-50-56(59)62-53-54(52-61-55(58)49-46-43-40-37-18-15-12-9-6-3)63-57(60)51-48-45-42-39-36-34-32-29-26-24-22-20-17-14-11-8-5-2/h7-8,10-11,13-14,16-17,19-36,54H,4-6,9,12,15,18,37-53H2,1-3H3/b10-7-,11-8-,16-13-,17-14-,21-19-,22-20-,25-23-,26-24-,28-27+,31-30-,32-29+,35-33-,36-34-. The lowest BCUT2D eigenvalue weighted by Gasteiger charge is -2.18. The summed E-state index contributed by atoms with van der Waals surface area (Å²) in [5.74, 6) is -1.03. The number of allylic oxidation sites excluding steroid dienone is 26. The molecule has 0 heterocycles. The van der Waals surface area contributed by atoms with Gasteiger partial charge in [-0.2, -0.15) is 0 Å². The Morgan fingerprint density at radius 2 is 0.619 bits per heavy atom. The number of hydrogen-bond acceptors (Lipinski definition) is 6. The van der Waals surface area contributed by atoms with Crippen LogP contribution in [0, 0.1) is 0 Å². The van der Waals surface area contributed by atoms with Gasteiger partial charge in [0.15, 0.2) is 6.10 Å². The van der Waals surface area contributed by atoms with Crippen molar-refractivity contribution in [2.75, 3.05) is 13.2 Å². The first-order chi connectivity index (χ1) is 31.0. The van der Waals surface area contributed by atoms with Gasteiger partial charge in [0.2, 0.25) is 0 Å². The maximum Gasteiger partial charge on any atom is 0.306 e. The average molecular weight is 865 g/mol. The van der Waals surface area contributed by atoms with Crippen molar-refractivity contribution >= 4 is 17.9 Å². The first kappa shape index (κ1) is 58.0. The smallest absolute Gasteiger partial charge is 0.306 e. The lowest BCUT2D eigenvalue weighted by atomic mass is 10.1. The van der Waals surface area contributed by atoms with Gasteiger partial charge < -0.3 is 14.2 Å². The number of carbonyl (C=O) groups is 3. The van der Waals surface area contributed by atoms with Gasteiger partial charge in [-0.25, -0.2) is 0 Å². The SMILES string of the molecule is CC\C=C/C=C\C=C/C=C\C=C\C=C/C=C\CCCCCC(=O)OCC(COC(=O)CCCCCCCCCCC)OC(=O)CCCCC\C=C/C=C/C=C\C=C/C=C\C=C/CC. The van der Waals surface area contributed by atoms with Crippen LogP contribution in [0.3, 0.4) is 0 Å². The molecule has 0 aromatic carbocycles. The molecule has 0 radical (unpaired) electrons. The lowest BCUT2D eigenvalue weighted by molar-refractivity contribution is -0.167. The van der Waals surface area contributed by atoms with Crippen molar-refractivity contribution in [2.24, 2.45) is 0 Å². The molecule has 0 aliphatic rings. The second kappa shape index (κ2) is 49.7. The number of rotatable bonds is 40. The fourth-order valence-corrected chi connectivity index (χ4v) is 5.81. The molecule has 1 atom stereocenters. The number of carbonyl (C=O) groups excluding carboxylic acids is 3. The van der Waals surface area contributed by atoms with E-state index in [-0.39, 0.29) is 44.0 Å². The number of esters is 3. The highest BCUT2D eigenvalue weighted by Gasteiger charge is 2.19. The highest BCUT2D eigenvalue weighted by Crippen LogP contribution is 2.12. The maximum absolute atomic E-state index is 12.8. The zero-order chi connectivity index (χ0) is 45.8. The third kappa shape index (κ3) is 47.9. The van der Waals surface area contributed by atoms with E-state index in [0.29, 0.717) is 19.3 Å². The van der Waals surface area contributed by atoms with Gasteiger partial charge >= 0.3 is 17.9 Å². The summed E-state index contributed by atoms with van der Waals surface area (Å²) in [7, 11) is 0. The number of ether oxygens (including phenoxy) is 3. The van der Waals surface area contributed by atoms with Gasteiger partial charge in [-0.15, -0.1) is 0 Å². The Labute approximate surface area is 384 Å². The Morgan fingerprint density at radius 3 is 0.968 bits per heavy atom. The number of hydrogen-bond donors (Lipinski definition) is 0. The van der Waals surface area contributed by atoms with E-state index in [1.165, 1.54) is 38.5 Å². The van der Waals surface area contributed by atoms with Crippen LogP contribution in [0.5, 0.6) is 0 Å². The van der Waals surface area contributed by atoms with Crippen molar-refractivity contribution < 1.29 is 28.6 Å². The zero-order valence-electron chi connectivity index (χ0n) is 39.5. The van der Waals surface area contributed by atoms with Crippen LogP contribution in [0.1, 0.15) is 162 Å². The molecule has 0 spiro atoms. The minimum atomic E-state index is -0.825. The first-order valence-corrected chi connectivity index (χ1v) is 24.2. The first-order valence-electron chi connectivity index (χ1n) is 24.2. The van der Waals surface area contributed by atoms with Crippen molar-refractivity contribution in [1.82, 2.24) is 0 Å². The second-order valence-corrected chi connectivity index (χ2v) is 15.2. The summed E-state index contributed by atoms with van der Waals surface area (Å²) < 4.78 is 16.7. The van der Waals surface area contributed by atoms with Gasteiger partial charge in [0.1, 0.15) is 13.2 Å². The van der Waals surface area contributed by atoms with Crippen LogP contribution in [0.4, 0.5) is 0 Å². The van der Waals surface area contributed by atoms with E-state index in [0.717, 1.165) is 70.6 Å². The maximum atomic E-state index is 12.8.